The normalized spacial score (nSPS) is 13.4. The highest BCUT2D eigenvalue weighted by Gasteiger charge is 2.29. The maximum atomic E-state index is 15.3. The van der Waals surface area contributed by atoms with Gasteiger partial charge in [0.25, 0.3) is 0 Å². The fraction of sp³-hybridized carbons (Fsp3) is 0.187. The summed E-state index contributed by atoms with van der Waals surface area (Å²) in [6.07, 6.45) is 4.60. The molecule has 9 aromatic carbocycles. The van der Waals surface area contributed by atoms with Crippen molar-refractivity contribution in [1.29, 1.82) is 0 Å². The molecule has 97 heavy (non-hydrogen) atoms. The van der Waals surface area contributed by atoms with Crippen LogP contribution in [-0.2, 0) is 48.5 Å². The first-order valence-electron chi connectivity index (χ1n) is 31.1. The molecule has 18 nitrogen and oxygen atoms in total. The van der Waals surface area contributed by atoms with Crippen molar-refractivity contribution < 1.29 is 61.5 Å². The highest BCUT2D eigenvalue weighted by molar-refractivity contribution is 6.05. The molecule has 492 valence electrons. The summed E-state index contributed by atoms with van der Waals surface area (Å²) in [4.78, 5) is 63.8. The molecule has 2 aliphatic rings. The Bertz CT molecular complexity index is 4950. The predicted octanol–water partition coefficient (Wildman–Crippen LogP) is 14.0. The molecule has 0 unspecified atom stereocenters. The lowest BCUT2D eigenvalue weighted by atomic mass is 9.95. The summed E-state index contributed by atoms with van der Waals surface area (Å²) in [5.41, 5.74) is 11.5. The number of morpholine rings is 2. The van der Waals surface area contributed by atoms with E-state index in [0.717, 1.165) is 94.7 Å². The van der Waals surface area contributed by atoms with Crippen LogP contribution in [0.3, 0.4) is 0 Å². The van der Waals surface area contributed by atoms with Gasteiger partial charge in [0.15, 0.2) is 23.3 Å². The molecule has 0 spiro atoms. The minimum atomic E-state index is -1.62. The molecule has 3 aromatic heterocycles. The first-order valence-corrected chi connectivity index (χ1v) is 31.1. The van der Waals surface area contributed by atoms with Crippen molar-refractivity contribution in [3.8, 4) is 66.8 Å². The lowest BCUT2D eigenvalue weighted by molar-refractivity contribution is -0.114. The third-order valence-electron chi connectivity index (χ3n) is 17.2. The van der Waals surface area contributed by atoms with E-state index < -0.39 is 52.3 Å². The molecule has 14 rings (SSSR count). The first-order chi connectivity index (χ1) is 46.8. The van der Waals surface area contributed by atoms with Gasteiger partial charge in [-0.15, -0.1) is 0 Å². The quantitative estimate of drug-likeness (QED) is 0.0588. The first kappa shape index (κ1) is 65.9. The number of imidazole rings is 3. The van der Waals surface area contributed by atoms with Crippen LogP contribution in [0.1, 0.15) is 49.1 Å². The van der Waals surface area contributed by atoms with Crippen molar-refractivity contribution in [2.24, 2.45) is 21.1 Å². The number of nitrogens with zero attached hydrogens (tertiary/aromatic N) is 8. The average molecular weight is 1310 g/mol. The summed E-state index contributed by atoms with van der Waals surface area (Å²) in [5.74, 6) is -9.78. The number of hydrogen-bond acceptors (Lipinski definition) is 11. The topological polar surface area (TPSA) is 219 Å². The predicted molar refractivity (Wildman–Crippen MR) is 362 cm³/mol. The zero-order chi connectivity index (χ0) is 68.2. The number of halogens is 4. The number of rotatable bonds is 14. The van der Waals surface area contributed by atoms with Crippen molar-refractivity contribution in [1.82, 2.24) is 38.5 Å². The van der Waals surface area contributed by atoms with E-state index in [1.165, 1.54) is 41.6 Å². The second-order valence-electron chi connectivity index (χ2n) is 23.8. The molecule has 2 saturated heterocycles. The van der Waals surface area contributed by atoms with E-state index in [-0.39, 0.29) is 44.8 Å². The van der Waals surface area contributed by atoms with Gasteiger partial charge in [0.2, 0.25) is 5.91 Å². The van der Waals surface area contributed by atoms with Crippen LogP contribution in [0.4, 0.5) is 23.2 Å². The Kier molecular flexibility index (Phi) is 19.3. The molecule has 22 heteroatoms. The highest BCUT2D eigenvalue weighted by Crippen LogP contribution is 2.40. The van der Waals surface area contributed by atoms with Gasteiger partial charge in [-0.2, -0.15) is 0 Å². The number of benzene rings is 9. The van der Waals surface area contributed by atoms with E-state index in [1.54, 1.807) is 60.1 Å². The van der Waals surface area contributed by atoms with Gasteiger partial charge in [-0.05, 0) is 121 Å². The molecule has 0 aliphatic carbocycles. The minimum Gasteiger partial charge on any atom is -0.478 e. The number of fused-ring (bicyclic) bond motifs is 3. The minimum absolute atomic E-state index is 0.00786. The molecule has 1 amide bonds. The number of amides is 1. The Balaban J connectivity index is 0.000000140. The van der Waals surface area contributed by atoms with Crippen molar-refractivity contribution in [3.63, 3.8) is 0 Å². The summed E-state index contributed by atoms with van der Waals surface area (Å²) < 4.78 is 76.8. The van der Waals surface area contributed by atoms with Crippen molar-refractivity contribution >= 4 is 62.6 Å². The van der Waals surface area contributed by atoms with Crippen LogP contribution in [0.25, 0.3) is 99.9 Å². The van der Waals surface area contributed by atoms with E-state index in [9.17, 15) is 34.5 Å². The Labute approximate surface area is 553 Å². The van der Waals surface area contributed by atoms with Gasteiger partial charge in [-0.3, -0.25) is 14.6 Å². The van der Waals surface area contributed by atoms with Crippen molar-refractivity contribution in [2.45, 2.75) is 20.0 Å². The number of carboxylic acids is 3. The third-order valence-corrected chi connectivity index (χ3v) is 17.2. The average Bonchev–Trinajstić information content (AvgIpc) is 1.66. The Morgan fingerprint density at radius 1 is 0.412 bits per heavy atom. The van der Waals surface area contributed by atoms with E-state index in [4.69, 9.17) is 9.47 Å². The number of nitrogens with one attached hydrogen (secondary N) is 1. The van der Waals surface area contributed by atoms with Gasteiger partial charge in [-0.25, -0.2) is 46.9 Å². The Morgan fingerprint density at radius 3 is 1.19 bits per heavy atom. The van der Waals surface area contributed by atoms with Crippen molar-refractivity contribution in [3.05, 3.63) is 228 Å². The summed E-state index contributed by atoms with van der Waals surface area (Å²) in [6, 6.07) is 48.1. The smallest absolute Gasteiger partial charge is 0.337 e. The number of carbonyl (C=O) groups is 4. The number of aromatic nitrogens is 6. The Morgan fingerprint density at radius 2 is 0.763 bits per heavy atom. The molecule has 0 radical (unpaired) electrons. The standard InChI is InChI=1S/C26H21F4N3O3.C26H25N3O3.C23H19N3O3/c1-32-13-31-18-11-16(10-17(25(18)32)26(34)35)20-23(29)21(27)19(22(28)24(20)30)15-4-2-3-14(9-15)12-33-5-7-36-8-6-33;1-28-17-27-24-15-22(14-23(25(24)28)26(30)31)21-8-6-20(7-9-21)19-4-2-18(3-5-19)16-29-10-12-32-13-11-29;1-14(27)25-19-5-3-4-17(10-19)15-6-8-16(9-7-15)18-11-20(23(28)29)22-21(12-18)24-13-26(22)2/h2-4,9-11,13H,5-8,12H2,1H3,(H,34,35);2-9,14-15,17H,10-13,16H2,1H3,(H,30,31);3-13H,1-2H3,(H,25,27)(H,28,29). The fourth-order valence-electron chi connectivity index (χ4n) is 12.3. The van der Waals surface area contributed by atoms with E-state index in [2.05, 4.69) is 66.5 Å². The van der Waals surface area contributed by atoms with Crippen molar-refractivity contribution in [2.75, 3.05) is 57.9 Å². The second-order valence-corrected chi connectivity index (χ2v) is 23.8. The number of ether oxygens (including phenoxy) is 2. The highest BCUT2D eigenvalue weighted by atomic mass is 19.2. The molecule has 5 heterocycles. The third kappa shape index (κ3) is 14.3. The van der Waals surface area contributed by atoms with Crippen LogP contribution in [-0.4, -0.2) is 130 Å². The number of hydrogen-bond donors (Lipinski definition) is 4. The largest absolute Gasteiger partial charge is 0.478 e. The molecule has 2 fully saturated rings. The van der Waals surface area contributed by atoms with E-state index in [1.807, 2.05) is 79.8 Å². The molecule has 0 saturated carbocycles. The monoisotopic (exact) mass is 1310 g/mol. The number of aryl methyl sites for hydroxylation is 3. The van der Waals surface area contributed by atoms with Crippen LogP contribution in [0.5, 0.6) is 0 Å². The SMILES string of the molecule is CC(=O)Nc1cccc(-c2ccc(-c3cc(C(=O)O)c4c(c3)ncn4C)cc2)c1.Cn1cnc2cc(-c3c(F)c(F)c(-c4cccc(CN5CCOCC5)c4)c(F)c3F)cc(C(=O)O)c21.Cn1cnc2cc(-c3ccc(-c4ccc(CN5CCOCC5)cc4)cc3)cc(C(=O)O)c21. The molecular weight excluding hydrogens is 1250 g/mol. The van der Waals surface area contributed by atoms with Crippen LogP contribution < -0.4 is 5.32 Å². The molecule has 2 aliphatic heterocycles. The fourth-order valence-corrected chi connectivity index (χ4v) is 12.3. The molecule has 4 N–H and O–H groups in total. The molecule has 0 bridgehead atoms. The summed E-state index contributed by atoms with van der Waals surface area (Å²) in [5, 5.41) is 31.7. The number of aromatic carboxylic acids is 3. The van der Waals surface area contributed by atoms with Crippen LogP contribution >= 0.6 is 0 Å². The van der Waals surface area contributed by atoms with Crippen LogP contribution in [0, 0.1) is 23.3 Å². The molecule has 12 aromatic rings. The van der Waals surface area contributed by atoms with Gasteiger partial charge < -0.3 is 43.8 Å². The van der Waals surface area contributed by atoms with Gasteiger partial charge >= 0.3 is 17.9 Å². The molecule has 0 atom stereocenters. The zero-order valence-electron chi connectivity index (χ0n) is 53.2. The van der Waals surface area contributed by atoms with Crippen LogP contribution in [0.15, 0.2) is 177 Å². The van der Waals surface area contributed by atoms with E-state index >= 15 is 17.6 Å². The maximum absolute atomic E-state index is 15.3. The van der Waals surface area contributed by atoms with Gasteiger partial charge in [0.1, 0.15) is 0 Å². The molecular formula is C75H65F4N9O9. The van der Waals surface area contributed by atoms with Crippen LogP contribution in [0.2, 0.25) is 0 Å². The summed E-state index contributed by atoms with van der Waals surface area (Å²) in [6.45, 7) is 9.06. The number of anilines is 1. The van der Waals surface area contributed by atoms with Gasteiger partial charge in [-0.1, -0.05) is 103 Å². The summed E-state index contributed by atoms with van der Waals surface area (Å²) >= 11 is 0. The second kappa shape index (κ2) is 28.4. The number of carbonyl (C=O) groups excluding carboxylic acids is 1. The van der Waals surface area contributed by atoms with Gasteiger partial charge in [0, 0.05) is 73.0 Å². The lowest BCUT2D eigenvalue weighted by Crippen LogP contribution is -2.35. The number of carboxylic acid groups (broad SMARTS) is 3. The lowest BCUT2D eigenvalue weighted by Gasteiger charge is -2.26. The summed E-state index contributed by atoms with van der Waals surface area (Å²) in [7, 11) is 5.15. The maximum Gasteiger partial charge on any atom is 0.337 e. The van der Waals surface area contributed by atoms with Gasteiger partial charge in [0.05, 0.1) is 106 Å². The van der Waals surface area contributed by atoms with E-state index in [0.29, 0.717) is 54.9 Å². The zero-order valence-corrected chi connectivity index (χ0v) is 53.2. The Hall–Kier alpha value is -11.2.